The number of hydrogen-bond acceptors (Lipinski definition) is 4. The van der Waals surface area contributed by atoms with Crippen molar-refractivity contribution in [2.45, 2.75) is 18.9 Å². The summed E-state index contributed by atoms with van der Waals surface area (Å²) in [7, 11) is 3.86. The summed E-state index contributed by atoms with van der Waals surface area (Å²) in [6, 6.07) is 2.43. The Bertz CT molecular complexity index is 872. The van der Waals surface area contributed by atoms with Crippen molar-refractivity contribution < 1.29 is 4.79 Å². The molecule has 126 valence electrons. The second-order valence-corrected chi connectivity index (χ2v) is 6.73. The number of aromatic amines is 1. The summed E-state index contributed by atoms with van der Waals surface area (Å²) >= 11 is 0. The number of rotatable bonds is 3. The van der Waals surface area contributed by atoms with E-state index in [0.29, 0.717) is 12.6 Å². The van der Waals surface area contributed by atoms with Crippen LogP contribution >= 0.6 is 0 Å². The van der Waals surface area contributed by atoms with Gasteiger partial charge in [0.1, 0.15) is 11.2 Å². The molecule has 1 fully saturated rings. The lowest BCUT2D eigenvalue weighted by Gasteiger charge is -2.33. The number of imidazole rings is 1. The summed E-state index contributed by atoms with van der Waals surface area (Å²) in [6.07, 6.45) is 7.57. The predicted octanol–water partition coefficient (Wildman–Crippen LogP) is 1.64. The van der Waals surface area contributed by atoms with E-state index in [1.54, 1.807) is 0 Å². The molecule has 0 radical (unpaired) electrons. The summed E-state index contributed by atoms with van der Waals surface area (Å²) in [5, 5.41) is 1.11. The normalized spacial score (nSPS) is 16.5. The first-order chi connectivity index (χ1) is 11.6. The van der Waals surface area contributed by atoms with Crippen LogP contribution in [0.25, 0.3) is 22.1 Å². The predicted molar refractivity (Wildman–Crippen MR) is 92.8 cm³/mol. The summed E-state index contributed by atoms with van der Waals surface area (Å²) in [5.74, 6) is 0.214. The number of likely N-dealkylation sites (N-methyl/N-ethyl adjacent to an activating group) is 1. The summed E-state index contributed by atoms with van der Waals surface area (Å²) in [4.78, 5) is 28.2. The highest BCUT2D eigenvalue weighted by Crippen LogP contribution is 2.30. The molecule has 0 bridgehead atoms. The number of hydrogen-bond donors (Lipinski definition) is 1. The average molecular weight is 326 g/mol. The van der Waals surface area contributed by atoms with Gasteiger partial charge in [-0.3, -0.25) is 4.79 Å². The highest BCUT2D eigenvalue weighted by atomic mass is 16.2. The third-order valence-corrected chi connectivity index (χ3v) is 4.78. The topological polar surface area (TPSA) is 70.1 Å². The van der Waals surface area contributed by atoms with Crippen LogP contribution in [0.1, 0.15) is 18.9 Å². The summed E-state index contributed by atoms with van der Waals surface area (Å²) in [5.41, 5.74) is 2.95. The van der Waals surface area contributed by atoms with Crippen LogP contribution in [0.15, 0.2) is 24.8 Å². The first kappa shape index (κ1) is 15.1. The molecule has 1 saturated heterocycles. The minimum absolute atomic E-state index is 0.214. The molecule has 1 amide bonds. The largest absolute Gasteiger partial charge is 0.346 e. The number of aromatic nitrogens is 4. The van der Waals surface area contributed by atoms with E-state index in [1.807, 2.05) is 42.6 Å². The van der Waals surface area contributed by atoms with Crippen LogP contribution in [0.3, 0.4) is 0 Å². The molecule has 24 heavy (non-hydrogen) atoms. The molecule has 1 aliphatic heterocycles. The molecule has 3 aromatic heterocycles. The van der Waals surface area contributed by atoms with Crippen LogP contribution in [-0.2, 0) is 4.79 Å². The maximum atomic E-state index is 12.2. The second-order valence-electron chi connectivity index (χ2n) is 6.73. The van der Waals surface area contributed by atoms with Crippen molar-refractivity contribution in [3.8, 4) is 0 Å². The van der Waals surface area contributed by atoms with Gasteiger partial charge in [0.2, 0.25) is 5.91 Å². The number of fused-ring (bicyclic) bond motifs is 3. The van der Waals surface area contributed by atoms with Gasteiger partial charge in [-0.2, -0.15) is 0 Å². The van der Waals surface area contributed by atoms with Crippen molar-refractivity contribution in [1.29, 1.82) is 0 Å². The molecule has 0 atom stereocenters. The Kier molecular flexibility index (Phi) is 3.72. The molecule has 4 heterocycles. The van der Waals surface area contributed by atoms with Crippen LogP contribution in [0.2, 0.25) is 0 Å². The molecule has 7 nitrogen and oxygen atoms in total. The number of H-pyrrole nitrogens is 1. The van der Waals surface area contributed by atoms with Crippen LogP contribution in [-0.4, -0.2) is 69.0 Å². The van der Waals surface area contributed by atoms with Gasteiger partial charge in [-0.25, -0.2) is 9.97 Å². The van der Waals surface area contributed by atoms with Crippen LogP contribution in [0.5, 0.6) is 0 Å². The Morgan fingerprint density at radius 1 is 1.33 bits per heavy atom. The fourth-order valence-corrected chi connectivity index (χ4v) is 3.57. The fraction of sp³-hybridized carbons (Fsp3) is 0.471. The number of nitrogens with zero attached hydrogens (tertiary/aromatic N) is 5. The minimum atomic E-state index is 0.214. The molecule has 0 saturated carbocycles. The van der Waals surface area contributed by atoms with Gasteiger partial charge in [-0.1, -0.05) is 0 Å². The van der Waals surface area contributed by atoms with Gasteiger partial charge < -0.3 is 19.4 Å². The van der Waals surface area contributed by atoms with E-state index in [1.165, 1.54) is 0 Å². The maximum Gasteiger partial charge on any atom is 0.236 e. The number of likely N-dealkylation sites (tertiary alicyclic amines) is 1. The molecule has 1 N–H and O–H groups in total. The van der Waals surface area contributed by atoms with Gasteiger partial charge in [0, 0.05) is 30.7 Å². The smallest absolute Gasteiger partial charge is 0.236 e. The Hall–Kier alpha value is -2.41. The third-order valence-electron chi connectivity index (χ3n) is 4.78. The maximum absolute atomic E-state index is 12.2. The Labute approximate surface area is 140 Å². The third kappa shape index (κ3) is 2.54. The molecular formula is C17H22N6O. The van der Waals surface area contributed by atoms with Crippen molar-refractivity contribution >= 4 is 28.0 Å². The zero-order valence-electron chi connectivity index (χ0n) is 14.1. The van der Waals surface area contributed by atoms with Crippen molar-refractivity contribution in [2.75, 3.05) is 33.7 Å². The molecule has 0 spiro atoms. The monoisotopic (exact) mass is 326 g/mol. The lowest BCUT2D eigenvalue weighted by molar-refractivity contribution is -0.133. The summed E-state index contributed by atoms with van der Waals surface area (Å²) in [6.45, 7) is 2.09. The van der Waals surface area contributed by atoms with Gasteiger partial charge in [0.05, 0.1) is 24.6 Å². The van der Waals surface area contributed by atoms with Crippen LogP contribution in [0.4, 0.5) is 0 Å². The first-order valence-corrected chi connectivity index (χ1v) is 8.34. The molecule has 3 aromatic rings. The van der Waals surface area contributed by atoms with E-state index in [-0.39, 0.29) is 5.91 Å². The van der Waals surface area contributed by atoms with E-state index in [0.717, 1.165) is 48.0 Å². The van der Waals surface area contributed by atoms with Crippen molar-refractivity contribution in [1.82, 2.24) is 29.3 Å². The number of nitrogens with one attached hydrogen (secondary N) is 1. The van der Waals surface area contributed by atoms with Crippen molar-refractivity contribution in [3.63, 3.8) is 0 Å². The molecular weight excluding hydrogens is 304 g/mol. The second kappa shape index (κ2) is 5.90. The zero-order valence-corrected chi connectivity index (χ0v) is 14.1. The highest BCUT2D eigenvalue weighted by molar-refractivity contribution is 6.00. The SMILES string of the molecule is CN(C)CC(=O)N1CCC(n2cnc3cnc4[nH]ccc4c32)CC1. The van der Waals surface area contributed by atoms with E-state index in [2.05, 4.69) is 25.6 Å². The van der Waals surface area contributed by atoms with Crippen molar-refractivity contribution in [3.05, 3.63) is 24.8 Å². The van der Waals surface area contributed by atoms with Crippen molar-refractivity contribution in [2.24, 2.45) is 0 Å². The van der Waals surface area contributed by atoms with E-state index in [4.69, 9.17) is 0 Å². The molecule has 7 heteroatoms. The molecule has 4 rings (SSSR count). The standard InChI is InChI=1S/C17H22N6O/c1-21(2)10-15(24)22-7-4-12(5-8-22)23-11-20-14-9-19-17-13(16(14)23)3-6-18-17/h3,6,9,11-12H,4-5,7-8,10H2,1-2H3,(H,18,19). The summed E-state index contributed by atoms with van der Waals surface area (Å²) < 4.78 is 2.26. The zero-order chi connectivity index (χ0) is 16.7. The van der Waals surface area contributed by atoms with Gasteiger partial charge >= 0.3 is 0 Å². The van der Waals surface area contributed by atoms with Gasteiger partial charge in [0.25, 0.3) is 0 Å². The molecule has 0 aliphatic carbocycles. The van der Waals surface area contributed by atoms with Gasteiger partial charge in [0.15, 0.2) is 0 Å². The Balaban J connectivity index is 1.57. The van der Waals surface area contributed by atoms with E-state index in [9.17, 15) is 4.79 Å². The molecule has 0 unspecified atom stereocenters. The lowest BCUT2D eigenvalue weighted by atomic mass is 10.0. The quantitative estimate of drug-likeness (QED) is 0.794. The number of pyridine rings is 1. The molecule has 1 aliphatic rings. The fourth-order valence-electron chi connectivity index (χ4n) is 3.57. The minimum Gasteiger partial charge on any atom is -0.346 e. The number of amides is 1. The van der Waals surface area contributed by atoms with Crippen LogP contribution < -0.4 is 0 Å². The first-order valence-electron chi connectivity index (χ1n) is 8.34. The highest BCUT2D eigenvalue weighted by Gasteiger charge is 2.25. The van der Waals surface area contributed by atoms with Gasteiger partial charge in [-0.15, -0.1) is 0 Å². The Morgan fingerprint density at radius 2 is 2.12 bits per heavy atom. The van der Waals surface area contributed by atoms with E-state index < -0.39 is 0 Å². The average Bonchev–Trinajstić information content (AvgIpc) is 3.20. The van der Waals surface area contributed by atoms with E-state index >= 15 is 0 Å². The lowest BCUT2D eigenvalue weighted by Crippen LogP contribution is -2.42. The number of carbonyl (C=O) groups excluding carboxylic acids is 1. The number of carbonyl (C=O) groups is 1. The number of piperidine rings is 1. The Morgan fingerprint density at radius 3 is 2.88 bits per heavy atom. The molecule has 0 aromatic carbocycles. The van der Waals surface area contributed by atoms with Gasteiger partial charge in [-0.05, 0) is 33.0 Å². The van der Waals surface area contributed by atoms with Crippen LogP contribution in [0, 0.1) is 0 Å².